The second-order valence-corrected chi connectivity index (χ2v) is 7.73. The largest absolute Gasteiger partial charge is 0.447 e. The van der Waals surface area contributed by atoms with Crippen molar-refractivity contribution >= 4 is 10.0 Å². The summed E-state index contributed by atoms with van der Waals surface area (Å²) in [5.41, 5.74) is 0. The maximum atomic E-state index is 12.2. The maximum absolute atomic E-state index is 12.2. The van der Waals surface area contributed by atoms with Crippen molar-refractivity contribution in [2.24, 2.45) is 11.8 Å². The van der Waals surface area contributed by atoms with Crippen LogP contribution in [0.3, 0.4) is 0 Å². The molecule has 1 aromatic heterocycles. The minimum atomic E-state index is -3.52. The number of sulfonamides is 1. The molecular weight excluding hydrogens is 288 g/mol. The summed E-state index contributed by atoms with van der Waals surface area (Å²) in [6.45, 7) is 6.26. The highest BCUT2D eigenvalue weighted by Gasteiger charge is 2.25. The summed E-state index contributed by atoms with van der Waals surface area (Å²) in [4.78, 5) is 0. The molecule has 1 saturated carbocycles. The summed E-state index contributed by atoms with van der Waals surface area (Å²) in [6.07, 6.45) is 4.44. The smallest absolute Gasteiger partial charge is 0.273 e. The van der Waals surface area contributed by atoms with Crippen LogP contribution < -0.4 is 10.0 Å². The highest BCUT2D eigenvalue weighted by molar-refractivity contribution is 7.89. The van der Waals surface area contributed by atoms with Gasteiger partial charge in [-0.25, -0.2) is 13.1 Å². The Morgan fingerprint density at radius 2 is 2.14 bits per heavy atom. The molecular formula is C15H26N2O3S. The highest BCUT2D eigenvalue weighted by atomic mass is 32.2. The van der Waals surface area contributed by atoms with Gasteiger partial charge in [-0.15, -0.1) is 0 Å². The van der Waals surface area contributed by atoms with Gasteiger partial charge >= 0.3 is 0 Å². The molecule has 0 amide bonds. The van der Waals surface area contributed by atoms with E-state index in [4.69, 9.17) is 4.42 Å². The number of rotatable bonds is 8. The van der Waals surface area contributed by atoms with Gasteiger partial charge in [0.1, 0.15) is 5.76 Å². The average Bonchev–Trinajstić information content (AvgIpc) is 3.06. The van der Waals surface area contributed by atoms with E-state index in [1.807, 2.05) is 0 Å². The van der Waals surface area contributed by atoms with Crippen molar-refractivity contribution in [1.82, 2.24) is 10.0 Å². The van der Waals surface area contributed by atoms with Crippen LogP contribution in [0.2, 0.25) is 0 Å². The van der Waals surface area contributed by atoms with Gasteiger partial charge in [0.15, 0.2) is 0 Å². The maximum Gasteiger partial charge on any atom is 0.273 e. The molecule has 21 heavy (non-hydrogen) atoms. The van der Waals surface area contributed by atoms with Crippen molar-refractivity contribution in [3.63, 3.8) is 0 Å². The van der Waals surface area contributed by atoms with Gasteiger partial charge in [0, 0.05) is 6.54 Å². The number of hydrogen-bond acceptors (Lipinski definition) is 4. The fourth-order valence-corrected chi connectivity index (χ4v) is 3.86. The van der Waals surface area contributed by atoms with E-state index in [1.54, 1.807) is 6.07 Å². The topological polar surface area (TPSA) is 71.3 Å². The van der Waals surface area contributed by atoms with E-state index in [-0.39, 0.29) is 5.09 Å². The molecule has 1 aliphatic carbocycles. The third-order valence-electron chi connectivity index (χ3n) is 3.99. The summed E-state index contributed by atoms with van der Waals surface area (Å²) >= 11 is 0. The molecule has 1 aromatic rings. The molecule has 0 bridgehead atoms. The standard InChI is InChI=1S/C15H26N2O3S/c1-3-8-16-11-14-6-7-15(20-14)21(18,19)17-10-13-5-4-12(2)9-13/h6-7,12-13,16-17H,3-5,8-11H2,1-2H3. The van der Waals surface area contributed by atoms with Gasteiger partial charge in [-0.1, -0.05) is 20.3 Å². The lowest BCUT2D eigenvalue weighted by molar-refractivity contribution is 0.397. The second kappa shape index (κ2) is 7.42. The lowest BCUT2D eigenvalue weighted by Gasteiger charge is -2.10. The van der Waals surface area contributed by atoms with Crippen LogP contribution in [-0.4, -0.2) is 21.5 Å². The monoisotopic (exact) mass is 314 g/mol. The molecule has 120 valence electrons. The number of hydrogen-bond donors (Lipinski definition) is 2. The first-order valence-corrected chi connectivity index (χ1v) is 9.28. The van der Waals surface area contributed by atoms with E-state index in [1.165, 1.54) is 12.5 Å². The minimum absolute atomic E-state index is 0.0156. The third-order valence-corrected chi connectivity index (χ3v) is 5.29. The van der Waals surface area contributed by atoms with Crippen molar-refractivity contribution < 1.29 is 12.8 Å². The zero-order chi connectivity index (χ0) is 15.3. The molecule has 2 rings (SSSR count). The molecule has 2 N–H and O–H groups in total. The minimum Gasteiger partial charge on any atom is -0.447 e. The van der Waals surface area contributed by atoms with Gasteiger partial charge in [-0.3, -0.25) is 0 Å². The predicted molar refractivity (Wildman–Crippen MR) is 82.4 cm³/mol. The zero-order valence-electron chi connectivity index (χ0n) is 12.9. The van der Waals surface area contributed by atoms with E-state index in [0.717, 1.165) is 25.8 Å². The SMILES string of the molecule is CCCNCc1ccc(S(=O)(=O)NCC2CCC(C)C2)o1. The highest BCUT2D eigenvalue weighted by Crippen LogP contribution is 2.30. The van der Waals surface area contributed by atoms with Crippen LogP contribution in [0.25, 0.3) is 0 Å². The summed E-state index contributed by atoms with van der Waals surface area (Å²) in [7, 11) is -3.52. The first-order valence-electron chi connectivity index (χ1n) is 7.80. The van der Waals surface area contributed by atoms with E-state index < -0.39 is 10.0 Å². The molecule has 0 radical (unpaired) electrons. The quantitative estimate of drug-likeness (QED) is 0.723. The molecule has 2 atom stereocenters. The third kappa shape index (κ3) is 4.83. The van der Waals surface area contributed by atoms with Crippen molar-refractivity contribution in [2.75, 3.05) is 13.1 Å². The van der Waals surface area contributed by atoms with Crippen LogP contribution in [0, 0.1) is 11.8 Å². The van der Waals surface area contributed by atoms with E-state index in [0.29, 0.717) is 30.7 Å². The predicted octanol–water partition coefficient (Wildman–Crippen LogP) is 2.49. The first-order chi connectivity index (χ1) is 10.0. The lowest BCUT2D eigenvalue weighted by Crippen LogP contribution is -2.28. The van der Waals surface area contributed by atoms with Gasteiger partial charge in [0.2, 0.25) is 5.09 Å². The Morgan fingerprint density at radius 3 is 2.81 bits per heavy atom. The van der Waals surface area contributed by atoms with Gasteiger partial charge in [0.25, 0.3) is 10.0 Å². The van der Waals surface area contributed by atoms with E-state index >= 15 is 0 Å². The summed E-state index contributed by atoms with van der Waals surface area (Å²) < 4.78 is 32.5. The molecule has 1 fully saturated rings. The van der Waals surface area contributed by atoms with Crippen molar-refractivity contribution in [3.05, 3.63) is 17.9 Å². The second-order valence-electron chi connectivity index (χ2n) is 6.03. The first kappa shape index (κ1) is 16.5. The normalized spacial score (nSPS) is 22.8. The number of nitrogens with one attached hydrogen (secondary N) is 2. The Hall–Kier alpha value is -0.850. The molecule has 5 nitrogen and oxygen atoms in total. The molecule has 1 heterocycles. The van der Waals surface area contributed by atoms with Gasteiger partial charge in [-0.2, -0.15) is 0 Å². The van der Waals surface area contributed by atoms with Crippen LogP contribution >= 0.6 is 0 Å². The number of furan rings is 1. The Bertz CT molecular complexity index is 539. The zero-order valence-corrected chi connectivity index (χ0v) is 13.7. The molecule has 1 aliphatic rings. The van der Waals surface area contributed by atoms with Crippen LogP contribution in [0.4, 0.5) is 0 Å². The van der Waals surface area contributed by atoms with Crippen molar-refractivity contribution in [1.29, 1.82) is 0 Å². The van der Waals surface area contributed by atoms with Crippen molar-refractivity contribution in [3.8, 4) is 0 Å². The molecule has 0 aliphatic heterocycles. The summed E-state index contributed by atoms with van der Waals surface area (Å²) in [5.74, 6) is 1.81. The molecule has 0 aromatic carbocycles. The summed E-state index contributed by atoms with van der Waals surface area (Å²) in [5, 5.41) is 3.20. The Labute approximate surface area is 127 Å². The molecule has 6 heteroatoms. The van der Waals surface area contributed by atoms with E-state index in [2.05, 4.69) is 23.9 Å². The molecule has 0 saturated heterocycles. The fraction of sp³-hybridized carbons (Fsp3) is 0.733. The lowest BCUT2D eigenvalue weighted by atomic mass is 10.1. The Morgan fingerprint density at radius 1 is 1.33 bits per heavy atom. The van der Waals surface area contributed by atoms with Crippen LogP contribution in [0.5, 0.6) is 0 Å². The summed E-state index contributed by atoms with van der Waals surface area (Å²) in [6, 6.07) is 3.25. The Balaban J connectivity index is 1.87. The van der Waals surface area contributed by atoms with Crippen LogP contribution in [0.15, 0.2) is 21.6 Å². The molecule has 2 unspecified atom stereocenters. The fourth-order valence-electron chi connectivity index (χ4n) is 2.80. The van der Waals surface area contributed by atoms with Gasteiger partial charge in [-0.05, 0) is 49.8 Å². The van der Waals surface area contributed by atoms with Gasteiger partial charge in [0.05, 0.1) is 6.54 Å². The van der Waals surface area contributed by atoms with Crippen LogP contribution in [0.1, 0.15) is 45.3 Å². The van der Waals surface area contributed by atoms with Crippen LogP contribution in [-0.2, 0) is 16.6 Å². The van der Waals surface area contributed by atoms with E-state index in [9.17, 15) is 8.42 Å². The van der Waals surface area contributed by atoms with Gasteiger partial charge < -0.3 is 9.73 Å². The average molecular weight is 314 g/mol. The Kier molecular flexibility index (Phi) is 5.84. The van der Waals surface area contributed by atoms with Crippen molar-refractivity contribution in [2.45, 2.75) is 51.2 Å². The molecule has 0 spiro atoms.